The second-order valence-corrected chi connectivity index (χ2v) is 5.93. The molecule has 1 aromatic carbocycles. The summed E-state index contributed by atoms with van der Waals surface area (Å²) in [4.78, 5) is 24.5. The van der Waals surface area contributed by atoms with Crippen LogP contribution < -0.4 is 20.3 Å². The van der Waals surface area contributed by atoms with Gasteiger partial charge in [0, 0.05) is 18.8 Å². The molecule has 0 fully saturated rings. The molecule has 29 heavy (non-hydrogen) atoms. The molecule has 11 nitrogen and oxygen atoms in total. The molecule has 0 bridgehead atoms. The molecule has 0 radical (unpaired) electrons. The van der Waals surface area contributed by atoms with Crippen LogP contribution in [0, 0.1) is 0 Å². The van der Waals surface area contributed by atoms with E-state index >= 15 is 0 Å². The minimum absolute atomic E-state index is 0.0409. The average Bonchev–Trinajstić information content (AvgIpc) is 3.20. The largest absolute Gasteiger partial charge is 0.486 e. The number of hydrogen-bond donors (Lipinski definition) is 2. The Balaban J connectivity index is 1.54. The summed E-state index contributed by atoms with van der Waals surface area (Å²) in [6.45, 7) is 5.85. The molecule has 0 saturated carbocycles. The van der Waals surface area contributed by atoms with Crippen molar-refractivity contribution in [3.05, 3.63) is 35.7 Å². The summed E-state index contributed by atoms with van der Waals surface area (Å²) in [5, 5.41) is 7.68. The first-order valence-electron chi connectivity index (χ1n) is 9.24. The standard InChI is InChI=1S/C18H23N5O6/c1-3-26-16(27-4-2)11-23-10-13(19-22-23)18(25)21-20-17(24)12-5-6-14-15(9-12)29-8-7-28-14/h5-6,9-10,16H,3-4,7-8,11H2,1-2H3,(H,20,24)(H,21,25). The number of ether oxygens (including phenoxy) is 4. The van der Waals surface area contributed by atoms with Gasteiger partial charge in [-0.25, -0.2) is 4.68 Å². The second-order valence-electron chi connectivity index (χ2n) is 5.93. The molecule has 2 heterocycles. The van der Waals surface area contributed by atoms with Crippen LogP contribution in [0.4, 0.5) is 0 Å². The smallest absolute Gasteiger partial charge is 0.291 e. The highest BCUT2D eigenvalue weighted by Gasteiger charge is 2.17. The summed E-state index contributed by atoms with van der Waals surface area (Å²) in [6.07, 6.45) is 0.953. The van der Waals surface area contributed by atoms with Crippen molar-refractivity contribution in [3.63, 3.8) is 0 Å². The zero-order chi connectivity index (χ0) is 20.6. The van der Waals surface area contributed by atoms with Gasteiger partial charge in [0.2, 0.25) is 0 Å². The minimum Gasteiger partial charge on any atom is -0.486 e. The van der Waals surface area contributed by atoms with Gasteiger partial charge in [-0.3, -0.25) is 20.4 Å². The molecular weight excluding hydrogens is 382 g/mol. The molecule has 156 valence electrons. The van der Waals surface area contributed by atoms with Crippen LogP contribution in [-0.2, 0) is 16.0 Å². The number of carbonyl (C=O) groups excluding carboxylic acids is 2. The highest BCUT2D eigenvalue weighted by molar-refractivity contribution is 5.98. The molecule has 0 spiro atoms. The van der Waals surface area contributed by atoms with Gasteiger partial charge in [0.05, 0.1) is 12.7 Å². The lowest BCUT2D eigenvalue weighted by Gasteiger charge is -2.18. The number of hydrazine groups is 1. The number of rotatable bonds is 8. The molecule has 2 amide bonds. The van der Waals surface area contributed by atoms with E-state index in [9.17, 15) is 9.59 Å². The fourth-order valence-electron chi connectivity index (χ4n) is 2.60. The summed E-state index contributed by atoms with van der Waals surface area (Å²) >= 11 is 0. The highest BCUT2D eigenvalue weighted by atomic mass is 16.7. The normalized spacial score (nSPS) is 12.7. The van der Waals surface area contributed by atoms with Crippen molar-refractivity contribution in [3.8, 4) is 11.5 Å². The molecule has 0 atom stereocenters. The van der Waals surface area contributed by atoms with Crippen LogP contribution in [0.5, 0.6) is 11.5 Å². The summed E-state index contributed by atoms with van der Waals surface area (Å²) in [6, 6.07) is 4.77. The second kappa shape index (κ2) is 9.85. The number of hydrogen-bond acceptors (Lipinski definition) is 8. The zero-order valence-corrected chi connectivity index (χ0v) is 16.2. The van der Waals surface area contributed by atoms with Crippen LogP contribution >= 0.6 is 0 Å². The number of carbonyl (C=O) groups is 2. The molecule has 1 aromatic heterocycles. The summed E-state index contributed by atoms with van der Waals surface area (Å²) in [5.74, 6) is -0.0517. The Hall–Kier alpha value is -3.18. The number of aromatic nitrogens is 3. The van der Waals surface area contributed by atoms with Crippen LogP contribution in [0.2, 0.25) is 0 Å². The number of nitrogens with zero attached hydrogens (tertiary/aromatic N) is 3. The molecule has 1 aliphatic rings. The van der Waals surface area contributed by atoms with Crippen LogP contribution in [0.1, 0.15) is 34.7 Å². The first-order valence-corrected chi connectivity index (χ1v) is 9.24. The highest BCUT2D eigenvalue weighted by Crippen LogP contribution is 2.30. The molecule has 0 unspecified atom stereocenters. The molecule has 1 aliphatic heterocycles. The number of nitrogens with one attached hydrogen (secondary N) is 2. The first-order chi connectivity index (χ1) is 14.1. The maximum Gasteiger partial charge on any atom is 0.291 e. The van der Waals surface area contributed by atoms with Gasteiger partial charge in [0.15, 0.2) is 23.5 Å². The Kier molecular flexibility index (Phi) is 6.98. The van der Waals surface area contributed by atoms with Crippen molar-refractivity contribution in [1.82, 2.24) is 25.8 Å². The lowest BCUT2D eigenvalue weighted by Crippen LogP contribution is -2.41. The Morgan fingerprint density at radius 2 is 1.79 bits per heavy atom. The van der Waals surface area contributed by atoms with Crippen LogP contribution in [0.3, 0.4) is 0 Å². The van der Waals surface area contributed by atoms with Crippen LogP contribution in [0.15, 0.2) is 24.4 Å². The summed E-state index contributed by atoms with van der Waals surface area (Å²) in [5.41, 5.74) is 4.99. The summed E-state index contributed by atoms with van der Waals surface area (Å²) in [7, 11) is 0. The van der Waals surface area contributed by atoms with Crippen molar-refractivity contribution in [1.29, 1.82) is 0 Å². The SMILES string of the molecule is CCOC(Cn1cc(C(=O)NNC(=O)c2ccc3c(c2)OCCO3)nn1)OCC. The molecule has 2 aromatic rings. The van der Waals surface area contributed by atoms with Crippen molar-refractivity contribution >= 4 is 11.8 Å². The van der Waals surface area contributed by atoms with E-state index in [2.05, 4.69) is 21.2 Å². The third kappa shape index (κ3) is 5.42. The fourth-order valence-corrected chi connectivity index (χ4v) is 2.60. The van der Waals surface area contributed by atoms with Crippen LogP contribution in [0.25, 0.3) is 0 Å². The third-order valence-electron chi connectivity index (χ3n) is 3.91. The number of amides is 2. The lowest BCUT2D eigenvalue weighted by atomic mass is 10.2. The third-order valence-corrected chi connectivity index (χ3v) is 3.91. The van der Waals surface area contributed by atoms with Crippen molar-refractivity contribution in [2.75, 3.05) is 26.4 Å². The molecule has 3 rings (SSSR count). The molecule has 0 aliphatic carbocycles. The van der Waals surface area contributed by atoms with Gasteiger partial charge in [-0.1, -0.05) is 5.21 Å². The quantitative estimate of drug-likeness (QED) is 0.481. The van der Waals surface area contributed by atoms with E-state index in [-0.39, 0.29) is 12.2 Å². The lowest BCUT2D eigenvalue weighted by molar-refractivity contribution is -0.145. The Morgan fingerprint density at radius 1 is 1.10 bits per heavy atom. The predicted molar refractivity (Wildman–Crippen MR) is 99.4 cm³/mol. The topological polar surface area (TPSA) is 126 Å². The van der Waals surface area contributed by atoms with E-state index in [4.69, 9.17) is 18.9 Å². The summed E-state index contributed by atoms with van der Waals surface area (Å²) < 4.78 is 23.2. The molecular formula is C18H23N5O6. The van der Waals surface area contributed by atoms with E-state index in [0.29, 0.717) is 43.5 Å². The van der Waals surface area contributed by atoms with E-state index in [1.54, 1.807) is 18.2 Å². The van der Waals surface area contributed by atoms with E-state index < -0.39 is 18.1 Å². The predicted octanol–water partition coefficient (Wildman–Crippen LogP) is 0.523. The van der Waals surface area contributed by atoms with Gasteiger partial charge >= 0.3 is 0 Å². The van der Waals surface area contributed by atoms with Gasteiger partial charge in [-0.05, 0) is 32.0 Å². The zero-order valence-electron chi connectivity index (χ0n) is 16.2. The maximum atomic E-state index is 12.3. The van der Waals surface area contributed by atoms with Gasteiger partial charge in [0.1, 0.15) is 13.2 Å². The van der Waals surface area contributed by atoms with E-state index in [1.165, 1.54) is 10.9 Å². The van der Waals surface area contributed by atoms with Crippen LogP contribution in [-0.4, -0.2) is 59.5 Å². The van der Waals surface area contributed by atoms with E-state index in [1.807, 2.05) is 13.8 Å². The van der Waals surface area contributed by atoms with Crippen molar-refractivity contribution in [2.45, 2.75) is 26.7 Å². The van der Waals surface area contributed by atoms with Gasteiger partial charge in [-0.15, -0.1) is 5.10 Å². The molecule has 2 N–H and O–H groups in total. The monoisotopic (exact) mass is 405 g/mol. The average molecular weight is 405 g/mol. The molecule has 0 saturated heterocycles. The fraction of sp³-hybridized carbons (Fsp3) is 0.444. The Morgan fingerprint density at radius 3 is 2.52 bits per heavy atom. The van der Waals surface area contributed by atoms with Crippen molar-refractivity contribution < 1.29 is 28.5 Å². The van der Waals surface area contributed by atoms with Gasteiger partial charge in [-0.2, -0.15) is 0 Å². The van der Waals surface area contributed by atoms with Gasteiger partial charge in [0.25, 0.3) is 11.8 Å². The molecule has 11 heteroatoms. The first kappa shape index (κ1) is 20.6. The Bertz CT molecular complexity index is 849. The van der Waals surface area contributed by atoms with E-state index in [0.717, 1.165) is 0 Å². The van der Waals surface area contributed by atoms with Crippen molar-refractivity contribution in [2.24, 2.45) is 0 Å². The Labute approximate surface area is 167 Å². The minimum atomic E-state index is -0.605. The van der Waals surface area contributed by atoms with Gasteiger partial charge < -0.3 is 18.9 Å². The number of benzene rings is 1. The number of fused-ring (bicyclic) bond motifs is 1. The maximum absolute atomic E-state index is 12.3.